The van der Waals surface area contributed by atoms with Gasteiger partial charge in [-0.2, -0.15) is 0 Å². The van der Waals surface area contributed by atoms with Gasteiger partial charge in [0.15, 0.2) is 5.00 Å². The van der Waals surface area contributed by atoms with Crippen molar-refractivity contribution in [2.45, 2.75) is 27.7 Å². The Morgan fingerprint density at radius 2 is 1.59 bits per heavy atom. The van der Waals surface area contributed by atoms with Crippen molar-refractivity contribution in [3.8, 4) is 0 Å². The zero-order valence-electron chi connectivity index (χ0n) is 18.0. The number of carbonyl (C=O) groups is 4. The Morgan fingerprint density at radius 1 is 0.969 bits per heavy atom. The smallest absolute Gasteiger partial charge is 0.348 e. The lowest BCUT2D eigenvalue weighted by molar-refractivity contribution is -0.120. The summed E-state index contributed by atoms with van der Waals surface area (Å²) in [6.45, 7) is 7.13. The normalized spacial score (nSPS) is 13.3. The van der Waals surface area contributed by atoms with Crippen molar-refractivity contribution in [3.05, 3.63) is 51.9 Å². The summed E-state index contributed by atoms with van der Waals surface area (Å²) in [6.07, 6.45) is 2.42. The molecule has 0 unspecified atom stereocenters. The Labute approximate surface area is 188 Å². The zero-order chi connectivity index (χ0) is 23.4. The number of nitrogens with zero attached hydrogens (tertiary/aromatic N) is 3. The van der Waals surface area contributed by atoms with E-state index in [0.29, 0.717) is 22.5 Å². The number of azo groups is 1. The van der Waals surface area contributed by atoms with Crippen molar-refractivity contribution >= 4 is 51.5 Å². The van der Waals surface area contributed by atoms with Crippen LogP contribution in [0.15, 0.2) is 40.6 Å². The SMILES string of the molecule is CCOC(=O)c1sc(N=Nc2ccc(N3C(=O)C=CC3=O)cc2C)c(C(=O)OCC)c1C. The lowest BCUT2D eigenvalue weighted by Gasteiger charge is -2.14. The number of rotatable bonds is 7. The van der Waals surface area contributed by atoms with Gasteiger partial charge < -0.3 is 9.47 Å². The van der Waals surface area contributed by atoms with E-state index in [2.05, 4.69) is 10.2 Å². The number of esters is 2. The van der Waals surface area contributed by atoms with Crippen LogP contribution >= 0.6 is 11.3 Å². The van der Waals surface area contributed by atoms with E-state index in [0.717, 1.165) is 16.2 Å². The van der Waals surface area contributed by atoms with Crippen LogP contribution in [-0.4, -0.2) is 37.0 Å². The molecule has 32 heavy (non-hydrogen) atoms. The van der Waals surface area contributed by atoms with Gasteiger partial charge in [-0.1, -0.05) is 0 Å². The molecular formula is C22H21N3O6S. The number of thiophene rings is 1. The summed E-state index contributed by atoms with van der Waals surface area (Å²) in [5.74, 6) is -1.97. The van der Waals surface area contributed by atoms with Gasteiger partial charge in [0, 0.05) is 12.2 Å². The molecule has 0 fully saturated rings. The van der Waals surface area contributed by atoms with Gasteiger partial charge in [0.2, 0.25) is 0 Å². The Kier molecular flexibility index (Phi) is 6.94. The molecule has 166 valence electrons. The molecule has 1 aromatic heterocycles. The topological polar surface area (TPSA) is 115 Å². The number of hydrogen-bond donors (Lipinski definition) is 0. The van der Waals surface area contributed by atoms with E-state index in [-0.39, 0.29) is 28.7 Å². The fourth-order valence-electron chi connectivity index (χ4n) is 3.05. The number of hydrogen-bond acceptors (Lipinski definition) is 9. The van der Waals surface area contributed by atoms with E-state index in [9.17, 15) is 19.2 Å². The Morgan fingerprint density at radius 3 is 2.19 bits per heavy atom. The van der Waals surface area contributed by atoms with Crippen LogP contribution in [0.5, 0.6) is 0 Å². The Bertz CT molecular complexity index is 1150. The molecule has 0 saturated carbocycles. The lowest BCUT2D eigenvalue weighted by Crippen LogP contribution is -2.29. The third-order valence-electron chi connectivity index (χ3n) is 4.56. The molecule has 10 heteroatoms. The van der Waals surface area contributed by atoms with Crippen LogP contribution in [0.25, 0.3) is 0 Å². The maximum atomic E-state index is 12.5. The molecule has 0 spiro atoms. The number of carbonyl (C=O) groups excluding carboxylic acids is 4. The predicted molar refractivity (Wildman–Crippen MR) is 118 cm³/mol. The fourth-order valence-corrected chi connectivity index (χ4v) is 4.06. The van der Waals surface area contributed by atoms with Crippen LogP contribution in [0.1, 0.15) is 45.0 Å². The Hall–Kier alpha value is -3.66. The van der Waals surface area contributed by atoms with E-state index < -0.39 is 23.8 Å². The van der Waals surface area contributed by atoms with E-state index in [1.807, 2.05) is 0 Å². The van der Waals surface area contributed by atoms with Gasteiger partial charge in [-0.05, 0) is 57.0 Å². The van der Waals surface area contributed by atoms with Gasteiger partial charge in [0.1, 0.15) is 10.4 Å². The first kappa shape index (κ1) is 23.0. The molecule has 1 aliphatic rings. The summed E-state index contributed by atoms with van der Waals surface area (Å²) >= 11 is 0.996. The van der Waals surface area contributed by atoms with Crippen molar-refractivity contribution in [1.29, 1.82) is 0 Å². The highest BCUT2D eigenvalue weighted by atomic mass is 32.1. The van der Waals surface area contributed by atoms with Crippen LogP contribution in [0.3, 0.4) is 0 Å². The van der Waals surface area contributed by atoms with Crippen molar-refractivity contribution in [2.24, 2.45) is 10.2 Å². The van der Waals surface area contributed by atoms with Crippen molar-refractivity contribution in [1.82, 2.24) is 0 Å². The summed E-state index contributed by atoms with van der Waals surface area (Å²) in [6, 6.07) is 4.84. The largest absolute Gasteiger partial charge is 0.462 e. The summed E-state index contributed by atoms with van der Waals surface area (Å²) in [5, 5.41) is 8.64. The monoisotopic (exact) mass is 455 g/mol. The second-order valence-electron chi connectivity index (χ2n) is 6.69. The maximum absolute atomic E-state index is 12.5. The summed E-state index contributed by atoms with van der Waals surface area (Å²) in [7, 11) is 0. The minimum absolute atomic E-state index is 0.164. The zero-order valence-corrected chi connectivity index (χ0v) is 18.8. The molecule has 9 nitrogen and oxygen atoms in total. The number of aryl methyl sites for hydroxylation is 1. The minimum atomic E-state index is -0.601. The third-order valence-corrected chi connectivity index (χ3v) is 5.72. The number of imide groups is 1. The molecule has 0 atom stereocenters. The first-order valence-electron chi connectivity index (χ1n) is 9.84. The maximum Gasteiger partial charge on any atom is 0.348 e. The second-order valence-corrected chi connectivity index (χ2v) is 7.69. The highest BCUT2D eigenvalue weighted by molar-refractivity contribution is 7.18. The molecule has 2 heterocycles. The summed E-state index contributed by atoms with van der Waals surface area (Å²) in [5.41, 5.74) is 2.14. The predicted octanol–water partition coefficient (Wildman–Crippen LogP) is 4.56. The summed E-state index contributed by atoms with van der Waals surface area (Å²) in [4.78, 5) is 49.8. The molecule has 1 aromatic carbocycles. The van der Waals surface area contributed by atoms with Gasteiger partial charge in [-0.15, -0.1) is 21.6 Å². The molecule has 2 aromatic rings. The number of ether oxygens (including phenoxy) is 2. The first-order chi connectivity index (χ1) is 15.3. The molecular weight excluding hydrogens is 434 g/mol. The van der Waals surface area contributed by atoms with Gasteiger partial charge >= 0.3 is 11.9 Å². The molecule has 3 rings (SSSR count). The van der Waals surface area contributed by atoms with Crippen LogP contribution in [0, 0.1) is 13.8 Å². The van der Waals surface area contributed by atoms with Crippen LogP contribution in [-0.2, 0) is 19.1 Å². The third kappa shape index (κ3) is 4.50. The second kappa shape index (κ2) is 9.65. The average molecular weight is 455 g/mol. The average Bonchev–Trinajstić information content (AvgIpc) is 3.26. The van der Waals surface area contributed by atoms with Gasteiger partial charge in [0.05, 0.1) is 24.6 Å². The van der Waals surface area contributed by atoms with E-state index in [4.69, 9.17) is 9.47 Å². The van der Waals surface area contributed by atoms with Gasteiger partial charge in [-0.3, -0.25) is 9.59 Å². The van der Waals surface area contributed by atoms with E-state index >= 15 is 0 Å². The van der Waals surface area contributed by atoms with Crippen molar-refractivity contribution in [3.63, 3.8) is 0 Å². The van der Waals surface area contributed by atoms with Crippen molar-refractivity contribution < 1.29 is 28.7 Å². The van der Waals surface area contributed by atoms with E-state index in [1.165, 1.54) is 12.2 Å². The molecule has 0 aliphatic carbocycles. The number of benzene rings is 1. The standard InChI is InChI=1S/C22H21N3O6S/c1-5-30-21(28)18-13(4)19(22(29)31-6-2)32-20(18)24-23-15-8-7-14(11-12(15)3)25-16(26)9-10-17(25)27/h7-11H,5-6H2,1-4H3. The molecule has 0 bridgehead atoms. The van der Waals surface area contributed by atoms with Crippen LogP contribution in [0.4, 0.5) is 16.4 Å². The quantitative estimate of drug-likeness (QED) is 0.343. The van der Waals surface area contributed by atoms with Crippen LogP contribution in [0.2, 0.25) is 0 Å². The fraction of sp³-hybridized carbons (Fsp3) is 0.273. The first-order valence-corrected chi connectivity index (χ1v) is 10.7. The van der Waals surface area contributed by atoms with Crippen LogP contribution < -0.4 is 4.90 Å². The summed E-state index contributed by atoms with van der Waals surface area (Å²) < 4.78 is 10.2. The minimum Gasteiger partial charge on any atom is -0.462 e. The molecule has 1 aliphatic heterocycles. The van der Waals surface area contributed by atoms with E-state index in [1.54, 1.807) is 45.9 Å². The highest BCUT2D eigenvalue weighted by Crippen LogP contribution is 2.38. The molecule has 0 radical (unpaired) electrons. The van der Waals surface area contributed by atoms with Gasteiger partial charge in [-0.25, -0.2) is 14.5 Å². The Balaban J connectivity index is 1.95. The number of amides is 2. The molecule has 2 amide bonds. The number of anilines is 1. The lowest BCUT2D eigenvalue weighted by atomic mass is 10.1. The van der Waals surface area contributed by atoms with Crippen molar-refractivity contribution in [2.75, 3.05) is 18.1 Å². The molecule has 0 saturated heterocycles. The highest BCUT2D eigenvalue weighted by Gasteiger charge is 2.27. The molecule has 0 N–H and O–H groups in total. The van der Waals surface area contributed by atoms with Gasteiger partial charge in [0.25, 0.3) is 11.8 Å².